The molecule has 0 atom stereocenters. The van der Waals surface area contributed by atoms with Gasteiger partial charge in [0.05, 0.1) is 6.61 Å². The number of urea groups is 1. The van der Waals surface area contributed by atoms with Crippen LogP contribution >= 0.6 is 0 Å². The van der Waals surface area contributed by atoms with E-state index in [1.54, 1.807) is 11.1 Å². The Morgan fingerprint density at radius 3 is 2.37 bits per heavy atom. The minimum Gasteiger partial charge on any atom is -0.395 e. The number of β-amino-alcohol motifs (C(OH)–C–C–N with tert-alkyl or cyclic N) is 1. The van der Waals surface area contributed by atoms with Crippen molar-refractivity contribution in [2.45, 2.75) is 31.3 Å². The summed E-state index contributed by atoms with van der Waals surface area (Å²) in [5.74, 6) is -0.176. The van der Waals surface area contributed by atoms with Gasteiger partial charge in [-0.1, -0.05) is 78.9 Å². The molecule has 0 radical (unpaired) electrons. The summed E-state index contributed by atoms with van der Waals surface area (Å²) < 4.78 is 0. The molecule has 3 aromatic carbocycles. The maximum Gasteiger partial charge on any atom is 0.331 e. The van der Waals surface area contributed by atoms with Crippen molar-refractivity contribution in [3.05, 3.63) is 96.2 Å². The first-order valence-electron chi connectivity index (χ1n) is 12.3. The zero-order chi connectivity index (χ0) is 24.3. The minimum absolute atomic E-state index is 0.164. The van der Waals surface area contributed by atoms with Gasteiger partial charge in [-0.25, -0.2) is 9.69 Å². The third kappa shape index (κ3) is 4.47. The lowest BCUT2D eigenvalue weighted by atomic mass is 9.85. The number of hydrogen-bond donors (Lipinski definition) is 1. The summed E-state index contributed by atoms with van der Waals surface area (Å²) in [7, 11) is 0. The van der Waals surface area contributed by atoms with Crippen LogP contribution in [0, 0.1) is 0 Å². The Morgan fingerprint density at radius 1 is 0.886 bits per heavy atom. The molecular weight excluding hydrogens is 438 g/mol. The van der Waals surface area contributed by atoms with E-state index in [0.717, 1.165) is 12.1 Å². The summed E-state index contributed by atoms with van der Waals surface area (Å²) in [5.41, 5.74) is 1.50. The number of likely N-dealkylation sites (tertiary alicyclic amines) is 1. The van der Waals surface area contributed by atoms with Crippen molar-refractivity contribution < 1.29 is 14.7 Å². The van der Waals surface area contributed by atoms with Gasteiger partial charge in [0.15, 0.2) is 0 Å². The molecule has 6 heteroatoms. The maximum atomic E-state index is 13.6. The lowest BCUT2D eigenvalue weighted by Crippen LogP contribution is -2.56. The summed E-state index contributed by atoms with van der Waals surface area (Å²) >= 11 is 0. The predicted octanol–water partition coefficient (Wildman–Crippen LogP) is 4.19. The number of imide groups is 1. The third-order valence-corrected chi connectivity index (χ3v) is 7.30. The van der Waals surface area contributed by atoms with Crippen LogP contribution in [0.25, 0.3) is 10.8 Å². The molecule has 2 heterocycles. The van der Waals surface area contributed by atoms with Crippen molar-refractivity contribution in [2.75, 3.05) is 26.2 Å². The predicted molar refractivity (Wildman–Crippen MR) is 137 cm³/mol. The smallest absolute Gasteiger partial charge is 0.331 e. The molecule has 0 aliphatic carbocycles. The van der Waals surface area contributed by atoms with Crippen molar-refractivity contribution in [1.29, 1.82) is 0 Å². The van der Waals surface area contributed by atoms with Crippen LogP contribution < -0.4 is 0 Å². The van der Waals surface area contributed by atoms with E-state index in [9.17, 15) is 14.7 Å². The van der Waals surface area contributed by atoms with Gasteiger partial charge in [-0.2, -0.15) is 0 Å². The monoisotopic (exact) mass is 469 g/mol. The average molecular weight is 470 g/mol. The van der Waals surface area contributed by atoms with E-state index in [-0.39, 0.29) is 25.1 Å². The number of aliphatic hydroxyl groups is 1. The Balaban J connectivity index is 1.30. The van der Waals surface area contributed by atoms with Crippen molar-refractivity contribution in [1.82, 2.24) is 14.7 Å². The minimum atomic E-state index is -0.883. The molecule has 0 unspecified atom stereocenters. The van der Waals surface area contributed by atoms with E-state index in [1.165, 1.54) is 21.2 Å². The van der Waals surface area contributed by atoms with Crippen LogP contribution in [0.3, 0.4) is 0 Å². The first kappa shape index (κ1) is 23.3. The summed E-state index contributed by atoms with van der Waals surface area (Å²) in [6.45, 7) is 2.23. The highest BCUT2D eigenvalue weighted by Crippen LogP contribution is 2.38. The highest BCUT2D eigenvalue weighted by molar-refractivity contribution is 6.08. The van der Waals surface area contributed by atoms with E-state index in [0.29, 0.717) is 32.4 Å². The number of nitrogens with zero attached hydrogens (tertiary/aromatic N) is 3. The van der Waals surface area contributed by atoms with E-state index >= 15 is 0 Å². The second-order valence-electron chi connectivity index (χ2n) is 9.35. The van der Waals surface area contributed by atoms with Gasteiger partial charge in [0.1, 0.15) is 5.54 Å². The highest BCUT2D eigenvalue weighted by atomic mass is 16.3. The number of allylic oxidation sites excluding steroid dienone is 1. The van der Waals surface area contributed by atoms with Crippen LogP contribution in [0.2, 0.25) is 0 Å². The summed E-state index contributed by atoms with van der Waals surface area (Å²) in [5, 5.41) is 12.1. The number of benzene rings is 3. The van der Waals surface area contributed by atoms with Gasteiger partial charge >= 0.3 is 6.03 Å². The molecule has 3 aromatic rings. The van der Waals surface area contributed by atoms with E-state index < -0.39 is 5.54 Å². The van der Waals surface area contributed by atoms with Crippen LogP contribution in [0.1, 0.15) is 24.0 Å². The molecule has 2 aliphatic rings. The van der Waals surface area contributed by atoms with Crippen LogP contribution in [0.15, 0.2) is 85.1 Å². The summed E-state index contributed by atoms with van der Waals surface area (Å²) in [4.78, 5) is 32.0. The Morgan fingerprint density at radius 2 is 1.60 bits per heavy atom. The number of piperidine rings is 1. The maximum absolute atomic E-state index is 13.6. The topological polar surface area (TPSA) is 64.1 Å². The van der Waals surface area contributed by atoms with E-state index in [1.807, 2.05) is 36.4 Å². The number of hydrogen-bond acceptors (Lipinski definition) is 4. The molecule has 6 nitrogen and oxygen atoms in total. The van der Waals surface area contributed by atoms with Crippen LogP contribution in [-0.2, 0) is 17.8 Å². The Bertz CT molecular complexity index is 1230. The zero-order valence-electron chi connectivity index (χ0n) is 19.8. The normalized spacial score (nSPS) is 18.4. The third-order valence-electron chi connectivity index (χ3n) is 7.30. The number of aliphatic hydroxyl groups excluding tert-OH is 1. The van der Waals surface area contributed by atoms with Gasteiger partial charge in [-0.05, 0) is 41.2 Å². The fourth-order valence-electron chi connectivity index (χ4n) is 5.43. The molecule has 0 aromatic heterocycles. The largest absolute Gasteiger partial charge is 0.395 e. The van der Waals surface area contributed by atoms with E-state index in [4.69, 9.17) is 0 Å². The molecule has 2 fully saturated rings. The number of amides is 3. The molecule has 3 amide bonds. The quantitative estimate of drug-likeness (QED) is 0.527. The SMILES string of the molecule is O=C1N(C=CCc2ccccc2)C(=O)C2(CCN(Cc3cccc4ccccc34)CC2)N1CCO. The Hall–Kier alpha value is -3.48. The highest BCUT2D eigenvalue weighted by Gasteiger charge is 2.57. The Kier molecular flexibility index (Phi) is 6.66. The van der Waals surface area contributed by atoms with Gasteiger partial charge in [0.25, 0.3) is 5.91 Å². The molecule has 2 aliphatic heterocycles. The van der Waals surface area contributed by atoms with Gasteiger partial charge in [0, 0.05) is 32.4 Å². The zero-order valence-corrected chi connectivity index (χ0v) is 19.8. The van der Waals surface area contributed by atoms with Crippen molar-refractivity contribution in [2.24, 2.45) is 0 Å². The number of fused-ring (bicyclic) bond motifs is 1. The van der Waals surface area contributed by atoms with Gasteiger partial charge in [-0.3, -0.25) is 9.69 Å². The average Bonchev–Trinajstić information content (AvgIpc) is 3.08. The lowest BCUT2D eigenvalue weighted by Gasteiger charge is -2.42. The molecular formula is C29H31N3O3. The second kappa shape index (κ2) is 10.0. The van der Waals surface area contributed by atoms with Crippen LogP contribution in [-0.4, -0.2) is 63.5 Å². The summed E-state index contributed by atoms with van der Waals surface area (Å²) in [6, 6.07) is 24.4. The number of carbonyl (C=O) groups is 2. The fourth-order valence-corrected chi connectivity index (χ4v) is 5.43. The van der Waals surface area contributed by atoms with Crippen LogP contribution in [0.5, 0.6) is 0 Å². The van der Waals surface area contributed by atoms with E-state index in [2.05, 4.69) is 47.4 Å². The van der Waals surface area contributed by atoms with Crippen molar-refractivity contribution in [3.8, 4) is 0 Å². The van der Waals surface area contributed by atoms with Crippen LogP contribution in [0.4, 0.5) is 4.79 Å². The van der Waals surface area contributed by atoms with Gasteiger partial charge in [-0.15, -0.1) is 0 Å². The standard InChI is InChI=1S/C29H31N3O3/c33-21-20-32-28(35)31(17-7-10-23-8-2-1-3-9-23)27(34)29(32)15-18-30(19-16-29)22-25-13-6-12-24-11-4-5-14-26(24)25/h1-9,11-14,17,33H,10,15-16,18-22H2. The summed E-state index contributed by atoms with van der Waals surface area (Å²) in [6.07, 6.45) is 5.23. The first-order valence-corrected chi connectivity index (χ1v) is 12.3. The molecule has 1 N–H and O–H groups in total. The molecule has 0 saturated carbocycles. The molecule has 2 saturated heterocycles. The molecule has 180 valence electrons. The van der Waals surface area contributed by atoms with Crippen molar-refractivity contribution in [3.63, 3.8) is 0 Å². The van der Waals surface area contributed by atoms with Gasteiger partial charge < -0.3 is 10.0 Å². The van der Waals surface area contributed by atoms with Crippen molar-refractivity contribution >= 4 is 22.7 Å². The first-order chi connectivity index (χ1) is 17.1. The number of carbonyl (C=O) groups excluding carboxylic acids is 2. The molecule has 5 rings (SSSR count). The fraction of sp³-hybridized carbons (Fsp3) is 0.310. The molecule has 0 bridgehead atoms. The molecule has 1 spiro atoms. The Labute approximate surface area is 206 Å². The second-order valence-corrected chi connectivity index (χ2v) is 9.35. The number of rotatable bonds is 7. The lowest BCUT2D eigenvalue weighted by molar-refractivity contribution is -0.134. The van der Waals surface area contributed by atoms with Gasteiger partial charge in [0.2, 0.25) is 0 Å². The molecule has 35 heavy (non-hydrogen) atoms.